The van der Waals surface area contributed by atoms with E-state index < -0.39 is 0 Å². The summed E-state index contributed by atoms with van der Waals surface area (Å²) in [6.07, 6.45) is 3.49. The van der Waals surface area contributed by atoms with E-state index in [1.54, 1.807) is 11.8 Å². The van der Waals surface area contributed by atoms with Gasteiger partial charge in [-0.15, -0.1) is 11.8 Å². The van der Waals surface area contributed by atoms with Crippen LogP contribution in [0, 0.1) is 5.92 Å². The van der Waals surface area contributed by atoms with Crippen molar-refractivity contribution in [2.45, 2.75) is 51.0 Å². The van der Waals surface area contributed by atoms with Crippen molar-refractivity contribution in [1.29, 1.82) is 0 Å². The number of nitrogens with one attached hydrogen (secondary N) is 1. The quantitative estimate of drug-likeness (QED) is 0.726. The van der Waals surface area contributed by atoms with Crippen LogP contribution in [0.1, 0.15) is 40.0 Å². The second-order valence-electron chi connectivity index (χ2n) is 5.40. The van der Waals surface area contributed by atoms with E-state index in [1.807, 2.05) is 30.3 Å². The third kappa shape index (κ3) is 7.93. The number of hydrogen-bond donors (Lipinski definition) is 1. The Labute approximate surface area is 121 Å². The molecule has 1 rings (SSSR count). The molecule has 2 nitrogen and oxygen atoms in total. The molecule has 0 saturated heterocycles. The molecule has 0 heterocycles. The van der Waals surface area contributed by atoms with E-state index >= 15 is 0 Å². The summed E-state index contributed by atoms with van der Waals surface area (Å²) < 4.78 is 0. The Kier molecular flexibility index (Phi) is 7.65. The maximum atomic E-state index is 11.8. The van der Waals surface area contributed by atoms with E-state index in [-0.39, 0.29) is 11.9 Å². The largest absolute Gasteiger partial charge is 0.353 e. The topological polar surface area (TPSA) is 29.1 Å². The van der Waals surface area contributed by atoms with Gasteiger partial charge in [0.25, 0.3) is 0 Å². The molecule has 0 bridgehead atoms. The number of hydrogen-bond acceptors (Lipinski definition) is 2. The molecule has 106 valence electrons. The van der Waals surface area contributed by atoms with Crippen molar-refractivity contribution in [2.24, 2.45) is 5.92 Å². The van der Waals surface area contributed by atoms with Gasteiger partial charge in [0, 0.05) is 10.9 Å². The molecule has 0 aliphatic heterocycles. The van der Waals surface area contributed by atoms with Crippen LogP contribution in [0.4, 0.5) is 0 Å². The summed E-state index contributed by atoms with van der Waals surface area (Å²) in [5.74, 6) is 1.38. The smallest absolute Gasteiger partial charge is 0.230 e. The van der Waals surface area contributed by atoms with Crippen LogP contribution >= 0.6 is 11.8 Å². The van der Waals surface area contributed by atoms with Crippen LogP contribution in [0.2, 0.25) is 0 Å². The Balaban J connectivity index is 2.16. The lowest BCUT2D eigenvalue weighted by Crippen LogP contribution is -2.33. The van der Waals surface area contributed by atoms with Gasteiger partial charge in [-0.2, -0.15) is 0 Å². The average molecular weight is 279 g/mol. The Morgan fingerprint density at radius 2 is 1.84 bits per heavy atom. The lowest BCUT2D eigenvalue weighted by atomic mass is 10.0. The van der Waals surface area contributed by atoms with Crippen LogP contribution in [0.15, 0.2) is 35.2 Å². The molecular weight excluding hydrogens is 254 g/mol. The molecule has 1 amide bonds. The molecule has 0 saturated carbocycles. The average Bonchev–Trinajstić information content (AvgIpc) is 2.37. The Bertz CT molecular complexity index is 364. The maximum Gasteiger partial charge on any atom is 0.230 e. The number of carbonyl (C=O) groups excluding carboxylic acids is 1. The fourth-order valence-electron chi connectivity index (χ4n) is 1.89. The van der Waals surface area contributed by atoms with Crippen molar-refractivity contribution in [3.05, 3.63) is 30.3 Å². The van der Waals surface area contributed by atoms with Crippen LogP contribution in [-0.4, -0.2) is 17.7 Å². The first-order valence-corrected chi connectivity index (χ1v) is 8.03. The molecule has 0 aliphatic rings. The van der Waals surface area contributed by atoms with Gasteiger partial charge >= 0.3 is 0 Å². The minimum absolute atomic E-state index is 0.130. The van der Waals surface area contributed by atoms with Gasteiger partial charge in [-0.1, -0.05) is 44.9 Å². The predicted octanol–water partition coefficient (Wildman–Crippen LogP) is 4.11. The predicted molar refractivity (Wildman–Crippen MR) is 83.5 cm³/mol. The van der Waals surface area contributed by atoms with Crippen molar-refractivity contribution in [1.82, 2.24) is 5.32 Å². The zero-order valence-corrected chi connectivity index (χ0v) is 13.0. The van der Waals surface area contributed by atoms with Crippen molar-refractivity contribution in [2.75, 3.05) is 5.75 Å². The molecule has 0 radical (unpaired) electrons. The summed E-state index contributed by atoms with van der Waals surface area (Å²) in [6, 6.07) is 10.3. The zero-order chi connectivity index (χ0) is 14.1. The molecule has 1 aromatic carbocycles. The van der Waals surface area contributed by atoms with Gasteiger partial charge < -0.3 is 5.32 Å². The first-order valence-electron chi connectivity index (χ1n) is 7.05. The molecule has 0 spiro atoms. The summed E-state index contributed by atoms with van der Waals surface area (Å²) in [6.45, 7) is 6.56. The summed E-state index contributed by atoms with van der Waals surface area (Å²) in [5, 5.41) is 3.06. The summed E-state index contributed by atoms with van der Waals surface area (Å²) in [4.78, 5) is 12.9. The van der Waals surface area contributed by atoms with Crippen molar-refractivity contribution < 1.29 is 4.79 Å². The number of thioether (sulfide) groups is 1. The van der Waals surface area contributed by atoms with Crippen molar-refractivity contribution in [3.8, 4) is 0 Å². The first kappa shape index (κ1) is 16.1. The van der Waals surface area contributed by atoms with Gasteiger partial charge in [0.2, 0.25) is 5.91 Å². The Morgan fingerprint density at radius 3 is 2.47 bits per heavy atom. The minimum atomic E-state index is 0.130. The van der Waals surface area contributed by atoms with Gasteiger partial charge in [0.05, 0.1) is 5.75 Å². The van der Waals surface area contributed by atoms with E-state index in [4.69, 9.17) is 0 Å². The van der Waals surface area contributed by atoms with Gasteiger partial charge in [0.1, 0.15) is 0 Å². The van der Waals surface area contributed by atoms with E-state index in [0.717, 1.165) is 17.2 Å². The highest BCUT2D eigenvalue weighted by Gasteiger charge is 2.08. The highest BCUT2D eigenvalue weighted by molar-refractivity contribution is 8.00. The first-order chi connectivity index (χ1) is 9.08. The van der Waals surface area contributed by atoms with Gasteiger partial charge in [0.15, 0.2) is 0 Å². The number of benzene rings is 1. The van der Waals surface area contributed by atoms with Crippen LogP contribution in [0.5, 0.6) is 0 Å². The van der Waals surface area contributed by atoms with E-state index in [9.17, 15) is 4.79 Å². The lowest BCUT2D eigenvalue weighted by molar-refractivity contribution is -0.119. The fourth-order valence-corrected chi connectivity index (χ4v) is 2.62. The van der Waals surface area contributed by atoms with E-state index in [2.05, 4.69) is 26.1 Å². The molecule has 1 N–H and O–H groups in total. The summed E-state index contributed by atoms with van der Waals surface area (Å²) in [5.41, 5.74) is 0. The molecule has 0 aliphatic carbocycles. The second kappa shape index (κ2) is 9.03. The van der Waals surface area contributed by atoms with E-state index in [1.165, 1.54) is 12.8 Å². The zero-order valence-electron chi connectivity index (χ0n) is 12.2. The van der Waals surface area contributed by atoms with Crippen molar-refractivity contribution in [3.63, 3.8) is 0 Å². The molecule has 1 atom stereocenters. The fraction of sp³-hybridized carbons (Fsp3) is 0.562. The molecule has 0 fully saturated rings. The second-order valence-corrected chi connectivity index (χ2v) is 6.44. The monoisotopic (exact) mass is 279 g/mol. The van der Waals surface area contributed by atoms with Crippen LogP contribution in [-0.2, 0) is 4.79 Å². The Morgan fingerprint density at radius 1 is 1.16 bits per heavy atom. The van der Waals surface area contributed by atoms with Crippen LogP contribution in [0.25, 0.3) is 0 Å². The third-order valence-electron chi connectivity index (χ3n) is 2.94. The maximum absolute atomic E-state index is 11.8. The molecule has 19 heavy (non-hydrogen) atoms. The normalized spacial score (nSPS) is 12.4. The number of carbonyl (C=O) groups is 1. The molecule has 0 unspecified atom stereocenters. The molecule has 1 aromatic rings. The lowest BCUT2D eigenvalue weighted by Gasteiger charge is -2.14. The number of amides is 1. The molecular formula is C16H25NOS. The third-order valence-corrected chi connectivity index (χ3v) is 3.95. The standard InChI is InChI=1S/C16H25NOS/c1-13(2)8-7-9-14(3)17-16(18)12-19-15-10-5-4-6-11-15/h4-6,10-11,13-14H,7-9,12H2,1-3H3,(H,17,18)/t14-/m0/s1. The van der Waals surface area contributed by atoms with E-state index in [0.29, 0.717) is 5.75 Å². The number of rotatable bonds is 8. The van der Waals surface area contributed by atoms with Crippen LogP contribution < -0.4 is 5.32 Å². The molecule has 3 heteroatoms. The Hall–Kier alpha value is -0.960. The molecule has 0 aromatic heterocycles. The highest BCUT2D eigenvalue weighted by atomic mass is 32.2. The van der Waals surface area contributed by atoms with Crippen molar-refractivity contribution >= 4 is 17.7 Å². The summed E-state index contributed by atoms with van der Waals surface area (Å²) >= 11 is 1.59. The highest BCUT2D eigenvalue weighted by Crippen LogP contribution is 2.16. The van der Waals surface area contributed by atoms with Crippen LogP contribution in [0.3, 0.4) is 0 Å². The summed E-state index contributed by atoms with van der Waals surface area (Å²) in [7, 11) is 0. The van der Waals surface area contributed by atoms with Gasteiger partial charge in [-0.25, -0.2) is 0 Å². The minimum Gasteiger partial charge on any atom is -0.353 e. The van der Waals surface area contributed by atoms with Gasteiger partial charge in [-0.05, 0) is 31.4 Å². The van der Waals surface area contributed by atoms with Gasteiger partial charge in [-0.3, -0.25) is 4.79 Å². The SMILES string of the molecule is CC(C)CCC[C@H](C)NC(=O)CSc1ccccc1.